The minimum Gasteiger partial charge on any atom is -0.290 e. The summed E-state index contributed by atoms with van der Waals surface area (Å²) in [4.78, 5) is 11.4. The first-order valence-electron chi connectivity index (χ1n) is 8.30. The van der Waals surface area contributed by atoms with Gasteiger partial charge in [0, 0.05) is 0 Å². The minimum absolute atomic E-state index is 0.0814. The van der Waals surface area contributed by atoms with E-state index in [1.807, 2.05) is 55.7 Å². The number of benzene rings is 3. The van der Waals surface area contributed by atoms with Gasteiger partial charge in [-0.15, -0.1) is 0 Å². The van der Waals surface area contributed by atoms with E-state index in [0.717, 1.165) is 21.9 Å². The number of carbonyl (C=O) groups excluding carboxylic acids is 1. The predicted molar refractivity (Wildman–Crippen MR) is 101 cm³/mol. The Morgan fingerprint density at radius 3 is 2.38 bits per heavy atom. The Labute approximate surface area is 153 Å². The molecule has 5 heteroatoms. The molecule has 1 radical (unpaired) electrons. The van der Waals surface area contributed by atoms with Crippen molar-refractivity contribution in [3.63, 3.8) is 0 Å². The minimum atomic E-state index is -3.90. The fourth-order valence-electron chi connectivity index (χ4n) is 2.82. The third-order valence-corrected chi connectivity index (χ3v) is 5.54. The second-order valence-electron chi connectivity index (χ2n) is 6.21. The molecule has 0 amide bonds. The molecule has 0 N–H and O–H groups in total. The van der Waals surface area contributed by atoms with Gasteiger partial charge in [-0.05, 0) is 41.8 Å². The van der Waals surface area contributed by atoms with Crippen LogP contribution < -0.4 is 0 Å². The van der Waals surface area contributed by atoms with Gasteiger partial charge in [0.15, 0.2) is 0 Å². The second-order valence-corrected chi connectivity index (χ2v) is 7.82. The predicted octanol–water partition coefficient (Wildman–Crippen LogP) is 3.82. The van der Waals surface area contributed by atoms with Crippen LogP contribution in [0.25, 0.3) is 10.8 Å². The zero-order valence-corrected chi connectivity index (χ0v) is 15.2. The average Bonchev–Trinajstić information content (AvgIpc) is 2.65. The van der Waals surface area contributed by atoms with E-state index in [1.54, 1.807) is 12.1 Å². The van der Waals surface area contributed by atoms with E-state index in [1.165, 1.54) is 12.1 Å². The van der Waals surface area contributed by atoms with Gasteiger partial charge < -0.3 is 0 Å². The maximum atomic E-state index is 12.3. The highest BCUT2D eigenvalue weighted by atomic mass is 32.2. The van der Waals surface area contributed by atoms with Gasteiger partial charge in [-0.2, -0.15) is 8.42 Å². The first-order chi connectivity index (χ1) is 12.5. The van der Waals surface area contributed by atoms with Gasteiger partial charge in [-0.1, -0.05) is 60.2 Å². The van der Waals surface area contributed by atoms with Crippen molar-refractivity contribution in [3.05, 3.63) is 77.9 Å². The molecule has 0 aliphatic heterocycles. The van der Waals surface area contributed by atoms with Gasteiger partial charge in [-0.3, -0.25) is 8.98 Å². The van der Waals surface area contributed by atoms with Gasteiger partial charge in [0.25, 0.3) is 10.1 Å². The van der Waals surface area contributed by atoms with E-state index in [0.29, 0.717) is 6.42 Å². The fraction of sp³-hybridized carbons (Fsp3) is 0.190. The van der Waals surface area contributed by atoms with Gasteiger partial charge in [0.05, 0.1) is 17.4 Å². The quantitative estimate of drug-likeness (QED) is 0.596. The summed E-state index contributed by atoms with van der Waals surface area (Å²) < 4.78 is 29.7. The van der Waals surface area contributed by atoms with E-state index in [-0.39, 0.29) is 11.5 Å². The molecular formula is C21H19O4S. The summed E-state index contributed by atoms with van der Waals surface area (Å²) in [6.45, 7) is 1.64. The summed E-state index contributed by atoms with van der Waals surface area (Å²) in [6, 6.07) is 20.1. The molecule has 4 nitrogen and oxygen atoms in total. The zero-order chi connectivity index (χ0) is 18.6. The molecule has 0 heterocycles. The maximum absolute atomic E-state index is 12.3. The monoisotopic (exact) mass is 367 g/mol. The molecule has 0 aliphatic carbocycles. The van der Waals surface area contributed by atoms with Gasteiger partial charge in [-0.25, -0.2) is 0 Å². The van der Waals surface area contributed by atoms with Crippen LogP contribution in [0.3, 0.4) is 0 Å². The second kappa shape index (κ2) is 7.81. The Morgan fingerprint density at radius 2 is 1.65 bits per heavy atom. The smallest absolute Gasteiger partial charge is 0.290 e. The molecular weight excluding hydrogens is 348 g/mol. The molecule has 1 unspecified atom stereocenters. The SMILES string of the molecule is Cc1ccc(S(=O)(=O)OCC([C]=O)Cc2cccc3ccccc23)cc1. The Hall–Kier alpha value is -2.50. The van der Waals surface area contributed by atoms with E-state index in [2.05, 4.69) is 0 Å². The van der Waals surface area contributed by atoms with Crippen LogP contribution in [0.4, 0.5) is 0 Å². The van der Waals surface area contributed by atoms with Crippen molar-refractivity contribution in [2.24, 2.45) is 5.92 Å². The molecule has 0 aromatic heterocycles. The van der Waals surface area contributed by atoms with E-state index in [4.69, 9.17) is 4.18 Å². The lowest BCUT2D eigenvalue weighted by Crippen LogP contribution is -2.18. The van der Waals surface area contributed by atoms with E-state index in [9.17, 15) is 13.2 Å². The van der Waals surface area contributed by atoms with E-state index >= 15 is 0 Å². The number of rotatable bonds is 7. The summed E-state index contributed by atoms with van der Waals surface area (Å²) in [5.41, 5.74) is 1.92. The molecule has 0 bridgehead atoms. The summed E-state index contributed by atoms with van der Waals surface area (Å²) in [5, 5.41) is 2.11. The Morgan fingerprint density at radius 1 is 0.962 bits per heavy atom. The van der Waals surface area contributed by atoms with Crippen LogP contribution in [-0.2, 0) is 25.5 Å². The molecule has 133 valence electrons. The molecule has 1 atom stereocenters. The van der Waals surface area contributed by atoms with Crippen molar-refractivity contribution in [2.45, 2.75) is 18.2 Å². The summed E-state index contributed by atoms with van der Waals surface area (Å²) in [5.74, 6) is -0.666. The topological polar surface area (TPSA) is 60.4 Å². The summed E-state index contributed by atoms with van der Waals surface area (Å²) in [7, 11) is -3.90. The molecule has 3 aromatic rings. The fourth-order valence-corrected chi connectivity index (χ4v) is 3.76. The standard InChI is InChI=1S/C21H19O4S/c1-16-9-11-20(12-10-16)26(23,24)25-15-17(14-22)13-19-7-4-6-18-5-2-3-8-21(18)19/h2-12,17H,13,15H2,1H3. The first kappa shape index (κ1) is 18.3. The number of hydrogen-bond acceptors (Lipinski definition) is 4. The lowest BCUT2D eigenvalue weighted by atomic mass is 9.96. The van der Waals surface area contributed by atoms with Crippen molar-refractivity contribution in [2.75, 3.05) is 6.61 Å². The molecule has 3 aromatic carbocycles. The van der Waals surface area contributed by atoms with Gasteiger partial charge >= 0.3 is 0 Å². The van der Waals surface area contributed by atoms with Crippen LogP contribution in [0.1, 0.15) is 11.1 Å². The third-order valence-electron chi connectivity index (χ3n) is 4.25. The van der Waals surface area contributed by atoms with Crippen LogP contribution in [0.2, 0.25) is 0 Å². The molecule has 3 rings (SSSR count). The van der Waals surface area contributed by atoms with Crippen molar-refractivity contribution >= 4 is 27.2 Å². The van der Waals surface area contributed by atoms with Crippen molar-refractivity contribution < 1.29 is 17.4 Å². The highest BCUT2D eigenvalue weighted by molar-refractivity contribution is 7.86. The lowest BCUT2D eigenvalue weighted by molar-refractivity contribution is 0.283. The van der Waals surface area contributed by atoms with Crippen molar-refractivity contribution in [1.82, 2.24) is 0 Å². The molecule has 26 heavy (non-hydrogen) atoms. The Kier molecular flexibility index (Phi) is 5.49. The highest BCUT2D eigenvalue weighted by Crippen LogP contribution is 2.22. The maximum Gasteiger partial charge on any atom is 0.296 e. The highest BCUT2D eigenvalue weighted by Gasteiger charge is 2.19. The number of aryl methyl sites for hydroxylation is 1. The normalized spacial score (nSPS) is 12.8. The largest absolute Gasteiger partial charge is 0.296 e. The van der Waals surface area contributed by atoms with Gasteiger partial charge in [0.1, 0.15) is 0 Å². The summed E-state index contributed by atoms with van der Waals surface area (Å²) >= 11 is 0. The molecule has 0 fully saturated rings. The van der Waals surface area contributed by atoms with E-state index < -0.39 is 16.0 Å². The van der Waals surface area contributed by atoms with Crippen LogP contribution in [-0.4, -0.2) is 21.3 Å². The Balaban J connectivity index is 1.73. The summed E-state index contributed by atoms with van der Waals surface area (Å²) in [6.07, 6.45) is 2.28. The van der Waals surface area contributed by atoms with Crippen LogP contribution in [0, 0.1) is 12.8 Å². The zero-order valence-electron chi connectivity index (χ0n) is 14.4. The third kappa shape index (κ3) is 4.18. The first-order valence-corrected chi connectivity index (χ1v) is 9.71. The van der Waals surface area contributed by atoms with Crippen molar-refractivity contribution in [3.8, 4) is 0 Å². The van der Waals surface area contributed by atoms with Gasteiger partial charge in [0.2, 0.25) is 6.29 Å². The Bertz CT molecular complexity index is 1000. The number of hydrogen-bond donors (Lipinski definition) is 0. The molecule has 0 aliphatic rings. The van der Waals surface area contributed by atoms with Crippen LogP contribution in [0.15, 0.2) is 71.6 Å². The molecule has 0 saturated carbocycles. The van der Waals surface area contributed by atoms with Crippen LogP contribution >= 0.6 is 0 Å². The molecule has 0 spiro atoms. The lowest BCUT2D eigenvalue weighted by Gasteiger charge is -2.12. The van der Waals surface area contributed by atoms with Crippen LogP contribution in [0.5, 0.6) is 0 Å². The van der Waals surface area contributed by atoms with Crippen molar-refractivity contribution in [1.29, 1.82) is 0 Å². The number of fused-ring (bicyclic) bond motifs is 1. The molecule has 0 saturated heterocycles. The average molecular weight is 367 g/mol.